The van der Waals surface area contributed by atoms with E-state index >= 15 is 0 Å². The first-order chi connectivity index (χ1) is 12.5. The molecular formula is C19H21N3O4. The summed E-state index contributed by atoms with van der Waals surface area (Å²) in [5.74, 6) is -0.944. The van der Waals surface area contributed by atoms with E-state index in [1.54, 1.807) is 7.05 Å². The van der Waals surface area contributed by atoms with Gasteiger partial charge in [-0.3, -0.25) is 14.4 Å². The van der Waals surface area contributed by atoms with Crippen molar-refractivity contribution < 1.29 is 14.3 Å². The molecule has 0 fully saturated rings. The Morgan fingerprint density at radius 1 is 1.31 bits per heavy atom. The van der Waals surface area contributed by atoms with Gasteiger partial charge in [0.05, 0.1) is 5.69 Å². The lowest BCUT2D eigenvalue weighted by atomic mass is 9.86. The smallest absolute Gasteiger partial charge is 0.325 e. The highest BCUT2D eigenvalue weighted by molar-refractivity contribution is 5.83. The average molecular weight is 355 g/mol. The number of hydrogen-bond donors (Lipinski definition) is 1. The van der Waals surface area contributed by atoms with Crippen LogP contribution in [0.4, 0.5) is 0 Å². The fourth-order valence-electron chi connectivity index (χ4n) is 3.00. The van der Waals surface area contributed by atoms with E-state index in [2.05, 4.69) is 10.4 Å². The second-order valence-corrected chi connectivity index (χ2v) is 6.38. The average Bonchev–Trinajstić information content (AvgIpc) is 2.66. The molecule has 0 bridgehead atoms. The minimum atomic E-state index is -0.478. The van der Waals surface area contributed by atoms with Crippen molar-refractivity contribution in [2.45, 2.75) is 25.9 Å². The SMILES string of the molecule is Cn1nc2c(cc1=O)CC(C(=O)NCC(=O)OCc1ccccc1)CC2. The number of ether oxygens (including phenoxy) is 1. The van der Waals surface area contributed by atoms with Crippen LogP contribution in [-0.4, -0.2) is 28.2 Å². The zero-order chi connectivity index (χ0) is 18.5. The van der Waals surface area contributed by atoms with Gasteiger partial charge in [-0.15, -0.1) is 0 Å². The molecule has 2 aromatic rings. The molecule has 26 heavy (non-hydrogen) atoms. The van der Waals surface area contributed by atoms with E-state index in [-0.39, 0.29) is 30.5 Å². The number of aryl methyl sites for hydroxylation is 2. The van der Waals surface area contributed by atoms with Crippen LogP contribution in [0, 0.1) is 5.92 Å². The molecule has 1 unspecified atom stereocenters. The minimum absolute atomic E-state index is 0.163. The molecule has 1 aromatic heterocycles. The third-order valence-electron chi connectivity index (χ3n) is 4.47. The summed E-state index contributed by atoms with van der Waals surface area (Å²) in [6, 6.07) is 10.9. The van der Waals surface area contributed by atoms with Crippen LogP contribution in [0.3, 0.4) is 0 Å². The maximum absolute atomic E-state index is 12.3. The number of aromatic nitrogens is 2. The predicted molar refractivity (Wildman–Crippen MR) is 94.2 cm³/mol. The van der Waals surface area contributed by atoms with Crippen molar-refractivity contribution in [2.24, 2.45) is 13.0 Å². The van der Waals surface area contributed by atoms with Gasteiger partial charge in [-0.1, -0.05) is 30.3 Å². The number of amides is 1. The molecule has 0 radical (unpaired) electrons. The number of nitrogens with one attached hydrogen (secondary N) is 1. The number of rotatable bonds is 5. The normalized spacial score (nSPS) is 15.8. The van der Waals surface area contributed by atoms with Gasteiger partial charge >= 0.3 is 5.97 Å². The van der Waals surface area contributed by atoms with E-state index in [1.807, 2.05) is 30.3 Å². The van der Waals surface area contributed by atoms with Crippen LogP contribution in [0.15, 0.2) is 41.2 Å². The summed E-state index contributed by atoms with van der Waals surface area (Å²) in [7, 11) is 1.61. The highest BCUT2D eigenvalue weighted by Crippen LogP contribution is 2.23. The van der Waals surface area contributed by atoms with Gasteiger partial charge in [-0.05, 0) is 30.4 Å². The van der Waals surface area contributed by atoms with Gasteiger partial charge in [0, 0.05) is 19.0 Å². The van der Waals surface area contributed by atoms with Crippen molar-refractivity contribution in [2.75, 3.05) is 6.54 Å². The molecule has 1 heterocycles. The Kier molecular flexibility index (Phi) is 5.46. The van der Waals surface area contributed by atoms with Gasteiger partial charge in [0.25, 0.3) is 5.56 Å². The van der Waals surface area contributed by atoms with Crippen molar-refractivity contribution in [3.8, 4) is 0 Å². The summed E-state index contributed by atoms with van der Waals surface area (Å²) in [5, 5.41) is 6.86. The molecule has 7 nitrogen and oxygen atoms in total. The third kappa shape index (κ3) is 4.36. The van der Waals surface area contributed by atoms with Crippen LogP contribution in [0.5, 0.6) is 0 Å². The Bertz CT molecular complexity index is 861. The first-order valence-electron chi connectivity index (χ1n) is 8.56. The van der Waals surface area contributed by atoms with Gasteiger partial charge in [0.2, 0.25) is 5.91 Å². The molecule has 1 atom stereocenters. The molecule has 0 saturated heterocycles. The lowest BCUT2D eigenvalue weighted by Gasteiger charge is -2.23. The van der Waals surface area contributed by atoms with Crippen molar-refractivity contribution in [1.82, 2.24) is 15.1 Å². The number of nitrogens with zero attached hydrogens (tertiary/aromatic N) is 2. The van der Waals surface area contributed by atoms with Gasteiger partial charge in [-0.25, -0.2) is 4.68 Å². The van der Waals surface area contributed by atoms with Crippen LogP contribution in [-0.2, 0) is 40.8 Å². The lowest BCUT2D eigenvalue weighted by molar-refractivity contribution is -0.145. The summed E-state index contributed by atoms with van der Waals surface area (Å²) in [6.07, 6.45) is 1.74. The predicted octanol–water partition coefficient (Wildman–Crippen LogP) is 0.745. The molecule has 0 saturated carbocycles. The van der Waals surface area contributed by atoms with E-state index in [4.69, 9.17) is 4.74 Å². The number of carbonyl (C=O) groups is 2. The number of benzene rings is 1. The van der Waals surface area contributed by atoms with Crippen LogP contribution in [0.1, 0.15) is 23.2 Å². The van der Waals surface area contributed by atoms with Crippen LogP contribution < -0.4 is 10.9 Å². The van der Waals surface area contributed by atoms with Crippen LogP contribution in [0.2, 0.25) is 0 Å². The monoisotopic (exact) mass is 355 g/mol. The van der Waals surface area contributed by atoms with E-state index in [0.29, 0.717) is 19.3 Å². The van der Waals surface area contributed by atoms with E-state index in [1.165, 1.54) is 10.7 Å². The Hall–Kier alpha value is -2.96. The summed E-state index contributed by atoms with van der Waals surface area (Å²) >= 11 is 0. The van der Waals surface area contributed by atoms with Crippen LogP contribution >= 0.6 is 0 Å². The minimum Gasteiger partial charge on any atom is -0.460 e. The van der Waals surface area contributed by atoms with Crippen molar-refractivity contribution in [3.05, 3.63) is 63.6 Å². The zero-order valence-electron chi connectivity index (χ0n) is 14.6. The van der Waals surface area contributed by atoms with Crippen molar-refractivity contribution >= 4 is 11.9 Å². The van der Waals surface area contributed by atoms with E-state index in [0.717, 1.165) is 16.8 Å². The maximum atomic E-state index is 12.3. The summed E-state index contributed by atoms with van der Waals surface area (Å²) in [6.45, 7) is 0.0190. The van der Waals surface area contributed by atoms with Gasteiger partial charge in [0.1, 0.15) is 13.2 Å². The third-order valence-corrected chi connectivity index (χ3v) is 4.47. The Morgan fingerprint density at radius 2 is 2.08 bits per heavy atom. The first kappa shape index (κ1) is 17.8. The molecule has 3 rings (SSSR count). The van der Waals surface area contributed by atoms with Gasteiger partial charge in [0.15, 0.2) is 0 Å². The fourth-order valence-corrected chi connectivity index (χ4v) is 3.00. The van der Waals surface area contributed by atoms with Gasteiger partial charge < -0.3 is 10.1 Å². The number of esters is 1. The molecule has 0 spiro atoms. The van der Waals surface area contributed by atoms with Crippen molar-refractivity contribution in [1.29, 1.82) is 0 Å². The lowest BCUT2D eigenvalue weighted by Crippen LogP contribution is -2.38. The molecule has 0 aliphatic heterocycles. The molecule has 136 valence electrons. The Balaban J connectivity index is 1.48. The highest BCUT2D eigenvalue weighted by atomic mass is 16.5. The molecule has 1 aliphatic rings. The molecule has 1 amide bonds. The van der Waals surface area contributed by atoms with Crippen molar-refractivity contribution in [3.63, 3.8) is 0 Å². The summed E-state index contributed by atoms with van der Waals surface area (Å²) < 4.78 is 6.45. The molecule has 1 aromatic carbocycles. The summed E-state index contributed by atoms with van der Waals surface area (Å²) in [5.41, 5.74) is 2.38. The number of carbonyl (C=O) groups excluding carboxylic acids is 2. The fraction of sp³-hybridized carbons (Fsp3) is 0.368. The maximum Gasteiger partial charge on any atom is 0.325 e. The van der Waals surface area contributed by atoms with Gasteiger partial charge in [-0.2, -0.15) is 5.10 Å². The van der Waals surface area contributed by atoms with E-state index in [9.17, 15) is 14.4 Å². The van der Waals surface area contributed by atoms with Crippen LogP contribution in [0.25, 0.3) is 0 Å². The number of hydrogen-bond acceptors (Lipinski definition) is 5. The number of fused-ring (bicyclic) bond motifs is 1. The Morgan fingerprint density at radius 3 is 2.85 bits per heavy atom. The summed E-state index contributed by atoms with van der Waals surface area (Å²) in [4.78, 5) is 35.8. The first-order valence-corrected chi connectivity index (χ1v) is 8.56. The standard InChI is InChI=1S/C19H21N3O4/c1-22-17(23)10-15-9-14(7-8-16(15)21-22)19(25)20-11-18(24)26-12-13-5-3-2-4-6-13/h2-6,10,14H,7-9,11-12H2,1H3,(H,20,25). The second-order valence-electron chi connectivity index (χ2n) is 6.38. The largest absolute Gasteiger partial charge is 0.460 e. The molecule has 1 aliphatic carbocycles. The highest BCUT2D eigenvalue weighted by Gasteiger charge is 2.26. The topological polar surface area (TPSA) is 90.3 Å². The Labute approximate surface area is 151 Å². The second kappa shape index (κ2) is 7.95. The van der Waals surface area contributed by atoms with E-state index < -0.39 is 5.97 Å². The molecule has 1 N–H and O–H groups in total. The molecule has 7 heteroatoms. The zero-order valence-corrected chi connectivity index (χ0v) is 14.6. The quantitative estimate of drug-likeness (QED) is 0.799. The molecular weight excluding hydrogens is 334 g/mol.